The van der Waals surface area contributed by atoms with Crippen LogP contribution in [0.2, 0.25) is 0 Å². The Morgan fingerprint density at radius 1 is 1.36 bits per heavy atom. The van der Waals surface area contributed by atoms with Crippen LogP contribution in [0.3, 0.4) is 0 Å². The van der Waals surface area contributed by atoms with E-state index in [1.165, 1.54) is 19.2 Å². The minimum absolute atomic E-state index is 0.0609. The molecule has 0 spiro atoms. The van der Waals surface area contributed by atoms with Gasteiger partial charge in [-0.15, -0.1) is 0 Å². The van der Waals surface area contributed by atoms with Crippen LogP contribution in [0.1, 0.15) is 17.3 Å². The Hall–Kier alpha value is -1.44. The molecule has 1 aromatic carbocycles. The smallest absolute Gasteiger partial charge is 0.253 e. The molecule has 1 fully saturated rings. The number of methoxy groups -OCH3 is 1. The highest BCUT2D eigenvalue weighted by molar-refractivity contribution is 7.91. The number of hydrogen-bond acceptors (Lipinski definition) is 5. The van der Waals surface area contributed by atoms with Gasteiger partial charge in [-0.25, -0.2) is 8.42 Å². The van der Waals surface area contributed by atoms with Crippen LogP contribution in [-0.2, 0) is 14.6 Å². The third kappa shape index (κ3) is 4.06. The summed E-state index contributed by atoms with van der Waals surface area (Å²) in [5, 5.41) is 3.28. The monoisotopic (exact) mass is 326 g/mol. The molecule has 1 atom stereocenters. The molecule has 22 heavy (non-hydrogen) atoms. The van der Waals surface area contributed by atoms with E-state index in [4.69, 9.17) is 4.74 Å². The maximum absolute atomic E-state index is 12.4. The van der Waals surface area contributed by atoms with E-state index in [0.29, 0.717) is 18.7 Å². The highest BCUT2D eigenvalue weighted by Crippen LogP contribution is 2.14. The van der Waals surface area contributed by atoms with E-state index in [1.54, 1.807) is 17.0 Å². The third-order valence-corrected chi connectivity index (χ3v) is 5.37. The summed E-state index contributed by atoms with van der Waals surface area (Å²) in [6.07, 6.45) is 0. The molecule has 1 aliphatic heterocycles. The van der Waals surface area contributed by atoms with Crippen LogP contribution in [0, 0.1) is 0 Å². The van der Waals surface area contributed by atoms with Gasteiger partial charge in [-0.1, -0.05) is 0 Å². The largest absolute Gasteiger partial charge is 0.384 e. The number of piperazine rings is 1. The van der Waals surface area contributed by atoms with Crippen LogP contribution >= 0.6 is 0 Å². The van der Waals surface area contributed by atoms with Gasteiger partial charge in [0.2, 0.25) is 0 Å². The fourth-order valence-corrected chi connectivity index (χ4v) is 3.59. The molecule has 1 unspecified atom stereocenters. The molecule has 0 bridgehead atoms. The maximum atomic E-state index is 12.4. The fourth-order valence-electron chi connectivity index (χ4n) is 2.42. The van der Waals surface area contributed by atoms with Gasteiger partial charge in [-0.05, 0) is 31.2 Å². The molecule has 0 saturated carbocycles. The van der Waals surface area contributed by atoms with Gasteiger partial charge in [-0.2, -0.15) is 0 Å². The van der Waals surface area contributed by atoms with Gasteiger partial charge in [0.05, 0.1) is 17.3 Å². The van der Waals surface area contributed by atoms with Crippen LogP contribution in [0.25, 0.3) is 0 Å². The summed E-state index contributed by atoms with van der Waals surface area (Å²) in [5.74, 6) is -0.124. The number of sulfone groups is 1. The Kier molecular flexibility index (Phi) is 5.55. The third-order valence-electron chi connectivity index (χ3n) is 3.67. The van der Waals surface area contributed by atoms with Gasteiger partial charge in [-0.3, -0.25) is 4.79 Å². The average Bonchev–Trinajstić information content (AvgIpc) is 2.52. The second kappa shape index (κ2) is 7.21. The SMILES string of the molecule is COCCS(=O)(=O)c1ccc(C(=O)N2CCNC(C)C2)cc1. The maximum Gasteiger partial charge on any atom is 0.253 e. The predicted molar refractivity (Wildman–Crippen MR) is 83.7 cm³/mol. The van der Waals surface area contributed by atoms with Crippen molar-refractivity contribution >= 4 is 15.7 Å². The molecular formula is C15H22N2O4S. The van der Waals surface area contributed by atoms with Crippen LogP contribution in [-0.4, -0.2) is 64.4 Å². The van der Waals surface area contributed by atoms with Gasteiger partial charge in [0.15, 0.2) is 9.84 Å². The van der Waals surface area contributed by atoms with E-state index in [1.807, 2.05) is 6.92 Å². The van der Waals surface area contributed by atoms with Gasteiger partial charge < -0.3 is 15.0 Å². The molecule has 0 aliphatic carbocycles. The summed E-state index contributed by atoms with van der Waals surface area (Å²) in [7, 11) is -1.89. The van der Waals surface area contributed by atoms with Crippen molar-refractivity contribution in [3.8, 4) is 0 Å². The zero-order chi connectivity index (χ0) is 16.2. The summed E-state index contributed by atoms with van der Waals surface area (Å²) < 4.78 is 28.9. The lowest BCUT2D eigenvalue weighted by atomic mass is 10.1. The van der Waals surface area contributed by atoms with Gasteiger partial charge in [0, 0.05) is 38.3 Å². The minimum atomic E-state index is -3.36. The fraction of sp³-hybridized carbons (Fsp3) is 0.533. The van der Waals surface area contributed by atoms with Crippen molar-refractivity contribution in [2.24, 2.45) is 0 Å². The molecule has 7 heteroatoms. The van der Waals surface area contributed by atoms with E-state index < -0.39 is 9.84 Å². The zero-order valence-electron chi connectivity index (χ0n) is 12.9. The van der Waals surface area contributed by atoms with Gasteiger partial charge in [0.25, 0.3) is 5.91 Å². The lowest BCUT2D eigenvalue weighted by Crippen LogP contribution is -2.51. The Labute approximate surface area is 131 Å². The molecule has 1 amide bonds. The lowest BCUT2D eigenvalue weighted by molar-refractivity contribution is 0.0709. The van der Waals surface area contributed by atoms with Crippen LogP contribution in [0.5, 0.6) is 0 Å². The van der Waals surface area contributed by atoms with Crippen LogP contribution < -0.4 is 5.32 Å². The quantitative estimate of drug-likeness (QED) is 0.855. The number of ether oxygens (including phenoxy) is 1. The van der Waals surface area contributed by atoms with Crippen molar-refractivity contribution in [3.05, 3.63) is 29.8 Å². The number of carbonyl (C=O) groups is 1. The number of amides is 1. The first-order valence-corrected chi connectivity index (χ1v) is 8.93. The lowest BCUT2D eigenvalue weighted by Gasteiger charge is -2.32. The Balaban J connectivity index is 2.10. The first kappa shape index (κ1) is 16.9. The van der Waals surface area contributed by atoms with Crippen molar-refractivity contribution in [1.29, 1.82) is 0 Å². The number of benzene rings is 1. The number of carbonyl (C=O) groups excluding carboxylic acids is 1. The summed E-state index contributed by atoms with van der Waals surface area (Å²) in [5.41, 5.74) is 0.514. The van der Waals surface area contributed by atoms with Crippen molar-refractivity contribution in [2.45, 2.75) is 17.9 Å². The van der Waals surface area contributed by atoms with Gasteiger partial charge in [0.1, 0.15) is 0 Å². The van der Waals surface area contributed by atoms with E-state index in [-0.39, 0.29) is 29.2 Å². The first-order chi connectivity index (χ1) is 10.4. The Morgan fingerprint density at radius 3 is 2.64 bits per heavy atom. The summed E-state index contributed by atoms with van der Waals surface area (Å²) in [6.45, 7) is 4.28. The van der Waals surface area contributed by atoms with Crippen LogP contribution in [0.4, 0.5) is 0 Å². The van der Waals surface area contributed by atoms with Crippen LogP contribution in [0.15, 0.2) is 29.2 Å². The number of nitrogens with one attached hydrogen (secondary N) is 1. The summed E-state index contributed by atoms with van der Waals surface area (Å²) >= 11 is 0. The number of rotatable bonds is 5. The second-order valence-electron chi connectivity index (χ2n) is 5.44. The molecule has 2 rings (SSSR count). The summed E-state index contributed by atoms with van der Waals surface area (Å²) in [4.78, 5) is 14.4. The second-order valence-corrected chi connectivity index (χ2v) is 7.55. The molecule has 1 aliphatic rings. The van der Waals surface area contributed by atoms with Crippen molar-refractivity contribution in [3.63, 3.8) is 0 Å². The normalized spacial score (nSPS) is 19.2. The zero-order valence-corrected chi connectivity index (χ0v) is 13.7. The van der Waals surface area contributed by atoms with Gasteiger partial charge >= 0.3 is 0 Å². The number of nitrogens with zero attached hydrogens (tertiary/aromatic N) is 1. The average molecular weight is 326 g/mol. The number of hydrogen-bond donors (Lipinski definition) is 1. The molecule has 1 heterocycles. The topological polar surface area (TPSA) is 75.7 Å². The summed E-state index contributed by atoms with van der Waals surface area (Å²) in [6, 6.07) is 6.41. The molecule has 1 aromatic rings. The molecule has 1 saturated heterocycles. The van der Waals surface area contributed by atoms with E-state index in [2.05, 4.69) is 5.32 Å². The Morgan fingerprint density at radius 2 is 2.05 bits per heavy atom. The van der Waals surface area contributed by atoms with E-state index >= 15 is 0 Å². The van der Waals surface area contributed by atoms with Crippen molar-refractivity contribution in [1.82, 2.24) is 10.2 Å². The highest BCUT2D eigenvalue weighted by atomic mass is 32.2. The Bertz CT molecular complexity index is 613. The molecule has 0 aromatic heterocycles. The van der Waals surface area contributed by atoms with Crippen molar-refractivity contribution < 1.29 is 17.9 Å². The highest BCUT2D eigenvalue weighted by Gasteiger charge is 2.22. The first-order valence-electron chi connectivity index (χ1n) is 7.28. The minimum Gasteiger partial charge on any atom is -0.384 e. The molecule has 1 N–H and O–H groups in total. The molecule has 0 radical (unpaired) electrons. The van der Waals surface area contributed by atoms with E-state index in [0.717, 1.165) is 6.54 Å². The predicted octanol–water partition coefficient (Wildman–Crippen LogP) is 0.541. The van der Waals surface area contributed by atoms with Crippen molar-refractivity contribution in [2.75, 3.05) is 39.1 Å². The van der Waals surface area contributed by atoms with E-state index in [9.17, 15) is 13.2 Å². The molecular weight excluding hydrogens is 304 g/mol. The standard InChI is InChI=1S/C15H22N2O4S/c1-12-11-17(8-7-16-12)15(18)13-3-5-14(6-4-13)22(19,20)10-9-21-2/h3-6,12,16H,7-11H2,1-2H3. The molecule has 122 valence electrons. The molecule has 6 nitrogen and oxygen atoms in total.